The molecule has 2 unspecified atom stereocenters. The third kappa shape index (κ3) is 2.49. The van der Waals surface area contributed by atoms with Crippen LogP contribution in [0.5, 0.6) is 0 Å². The third-order valence-electron chi connectivity index (χ3n) is 4.48. The molecule has 4 heteroatoms. The first-order chi connectivity index (χ1) is 8.64. The van der Waals surface area contributed by atoms with Gasteiger partial charge in [0.2, 0.25) is 5.91 Å². The van der Waals surface area contributed by atoms with Gasteiger partial charge in [-0.3, -0.25) is 4.79 Å². The smallest absolute Gasteiger partial charge is 0.228 e. The summed E-state index contributed by atoms with van der Waals surface area (Å²) in [5.41, 5.74) is 8.12. The number of amides is 1. The first kappa shape index (κ1) is 14.4. The largest absolute Gasteiger partial charge is 0.349 e. The fourth-order valence-corrected chi connectivity index (χ4v) is 2.90. The molecule has 0 bridgehead atoms. The van der Waals surface area contributed by atoms with Gasteiger partial charge in [0, 0.05) is 6.54 Å². The van der Waals surface area contributed by atoms with Gasteiger partial charge in [-0.25, -0.2) is 0 Å². The molecule has 0 aromatic heterocycles. The van der Waals surface area contributed by atoms with Crippen LogP contribution >= 0.6 is 12.4 Å². The Labute approximate surface area is 120 Å². The van der Waals surface area contributed by atoms with E-state index in [1.807, 2.05) is 12.1 Å². The van der Waals surface area contributed by atoms with Crippen molar-refractivity contribution >= 4 is 18.3 Å². The van der Waals surface area contributed by atoms with Gasteiger partial charge in [-0.1, -0.05) is 24.3 Å². The Hall–Kier alpha value is -1.06. The van der Waals surface area contributed by atoms with Gasteiger partial charge in [0.1, 0.15) is 0 Å². The first-order valence-corrected chi connectivity index (χ1v) is 6.74. The molecule has 2 aliphatic carbocycles. The van der Waals surface area contributed by atoms with Gasteiger partial charge in [-0.05, 0) is 43.2 Å². The van der Waals surface area contributed by atoms with Gasteiger partial charge >= 0.3 is 0 Å². The van der Waals surface area contributed by atoms with E-state index in [1.165, 1.54) is 24.0 Å². The Morgan fingerprint density at radius 2 is 2.11 bits per heavy atom. The van der Waals surface area contributed by atoms with Crippen molar-refractivity contribution in [2.24, 2.45) is 11.7 Å². The normalized spacial score (nSPS) is 23.4. The average molecular weight is 281 g/mol. The van der Waals surface area contributed by atoms with Gasteiger partial charge < -0.3 is 11.1 Å². The summed E-state index contributed by atoms with van der Waals surface area (Å²) in [6.45, 7) is 2.60. The topological polar surface area (TPSA) is 55.1 Å². The number of carbonyl (C=O) groups excluding carboxylic acids is 1. The summed E-state index contributed by atoms with van der Waals surface area (Å²) in [4.78, 5) is 12.3. The highest BCUT2D eigenvalue weighted by Gasteiger charge is 2.43. The summed E-state index contributed by atoms with van der Waals surface area (Å²) in [6.07, 6.45) is 3.25. The highest BCUT2D eigenvalue weighted by atomic mass is 35.5. The summed E-state index contributed by atoms with van der Waals surface area (Å²) >= 11 is 0. The summed E-state index contributed by atoms with van der Waals surface area (Å²) in [5.74, 6) is 0.751. The Morgan fingerprint density at radius 1 is 1.42 bits per heavy atom. The fraction of sp³-hybridized carbons (Fsp3) is 0.533. The number of fused-ring (bicyclic) bond motifs is 1. The third-order valence-corrected chi connectivity index (χ3v) is 4.48. The van der Waals surface area contributed by atoms with Crippen molar-refractivity contribution in [3.8, 4) is 0 Å². The number of rotatable bonds is 4. The molecule has 0 spiro atoms. The van der Waals surface area contributed by atoms with Crippen LogP contribution < -0.4 is 11.1 Å². The predicted octanol–water partition coefficient (Wildman–Crippen LogP) is 1.99. The van der Waals surface area contributed by atoms with E-state index in [0.717, 1.165) is 6.42 Å². The Balaban J connectivity index is 0.00000133. The molecule has 2 atom stereocenters. The van der Waals surface area contributed by atoms with Crippen LogP contribution in [0.4, 0.5) is 0 Å². The summed E-state index contributed by atoms with van der Waals surface area (Å²) < 4.78 is 0. The lowest BCUT2D eigenvalue weighted by Crippen LogP contribution is -2.55. The van der Waals surface area contributed by atoms with E-state index in [0.29, 0.717) is 12.5 Å². The lowest BCUT2D eigenvalue weighted by atomic mass is 9.76. The van der Waals surface area contributed by atoms with Crippen LogP contribution in [0.2, 0.25) is 0 Å². The maximum Gasteiger partial charge on any atom is 0.228 e. The second-order valence-corrected chi connectivity index (χ2v) is 5.84. The predicted molar refractivity (Wildman–Crippen MR) is 78.5 cm³/mol. The van der Waals surface area contributed by atoms with E-state index in [1.54, 1.807) is 0 Å². The van der Waals surface area contributed by atoms with Crippen molar-refractivity contribution in [1.82, 2.24) is 5.32 Å². The molecule has 2 aliphatic rings. The minimum Gasteiger partial charge on any atom is -0.349 e. The molecule has 3 nitrogen and oxygen atoms in total. The number of benzene rings is 1. The molecule has 19 heavy (non-hydrogen) atoms. The maximum atomic E-state index is 12.3. The minimum absolute atomic E-state index is 0. The van der Waals surface area contributed by atoms with Crippen molar-refractivity contribution < 1.29 is 4.79 Å². The molecule has 0 aliphatic heterocycles. The van der Waals surface area contributed by atoms with Gasteiger partial charge in [0.25, 0.3) is 0 Å². The second kappa shape index (κ2) is 5.14. The number of nitrogens with one attached hydrogen (secondary N) is 1. The summed E-state index contributed by atoms with van der Waals surface area (Å²) in [6, 6.07) is 8.19. The lowest BCUT2D eigenvalue weighted by Gasteiger charge is -2.35. The van der Waals surface area contributed by atoms with E-state index in [2.05, 4.69) is 24.4 Å². The van der Waals surface area contributed by atoms with Gasteiger partial charge in [0.05, 0.1) is 11.5 Å². The average Bonchev–Trinajstić information content (AvgIpc) is 3.15. The second-order valence-electron chi connectivity index (χ2n) is 5.84. The zero-order chi connectivity index (χ0) is 12.8. The molecule has 3 N–H and O–H groups in total. The quantitative estimate of drug-likeness (QED) is 0.886. The molecular weight excluding hydrogens is 260 g/mol. The van der Waals surface area contributed by atoms with Crippen LogP contribution in [0.25, 0.3) is 0 Å². The van der Waals surface area contributed by atoms with Crippen LogP contribution in [-0.2, 0) is 11.2 Å². The maximum absolute atomic E-state index is 12.3. The Kier molecular flexibility index (Phi) is 3.88. The zero-order valence-electron chi connectivity index (χ0n) is 11.2. The number of hydrogen-bond acceptors (Lipinski definition) is 2. The molecule has 0 saturated heterocycles. The van der Waals surface area contributed by atoms with Gasteiger partial charge in [-0.2, -0.15) is 0 Å². The molecular formula is C15H21ClN2O. The standard InChI is InChI=1S/C15H20N2O.ClH/c1-15(9-16,11-6-7-11)17-14(18)13-8-10-4-2-3-5-12(10)13;/h2-5,11,13H,6-9,16H2,1H3,(H,17,18);1H. The van der Waals surface area contributed by atoms with Crippen LogP contribution in [0.3, 0.4) is 0 Å². The van der Waals surface area contributed by atoms with Crippen LogP contribution in [0.1, 0.15) is 36.8 Å². The van der Waals surface area contributed by atoms with Crippen molar-refractivity contribution in [1.29, 1.82) is 0 Å². The van der Waals surface area contributed by atoms with E-state index in [9.17, 15) is 4.79 Å². The SMILES string of the molecule is CC(CN)(NC(=O)C1Cc2ccccc21)C1CC1.Cl. The summed E-state index contributed by atoms with van der Waals surface area (Å²) in [5, 5.41) is 3.18. The van der Waals surface area contributed by atoms with Crippen molar-refractivity contribution in [2.75, 3.05) is 6.54 Å². The van der Waals surface area contributed by atoms with Crippen LogP contribution in [0.15, 0.2) is 24.3 Å². The van der Waals surface area contributed by atoms with Crippen LogP contribution in [-0.4, -0.2) is 18.0 Å². The number of nitrogens with two attached hydrogens (primary N) is 1. The molecule has 3 rings (SSSR count). The molecule has 104 valence electrons. The number of carbonyl (C=O) groups is 1. The van der Waals surface area contributed by atoms with Gasteiger partial charge in [0.15, 0.2) is 0 Å². The summed E-state index contributed by atoms with van der Waals surface area (Å²) in [7, 11) is 0. The van der Waals surface area contributed by atoms with E-state index in [-0.39, 0.29) is 29.8 Å². The zero-order valence-corrected chi connectivity index (χ0v) is 12.0. The van der Waals surface area contributed by atoms with Crippen molar-refractivity contribution in [3.63, 3.8) is 0 Å². The van der Waals surface area contributed by atoms with Crippen molar-refractivity contribution in [2.45, 2.75) is 37.6 Å². The molecule has 1 saturated carbocycles. The molecule has 0 radical (unpaired) electrons. The lowest BCUT2D eigenvalue weighted by molar-refractivity contribution is -0.125. The monoisotopic (exact) mass is 280 g/mol. The van der Waals surface area contributed by atoms with E-state index in [4.69, 9.17) is 5.73 Å². The Morgan fingerprint density at radius 3 is 2.68 bits per heavy atom. The molecule has 0 heterocycles. The molecule has 1 fully saturated rings. The fourth-order valence-electron chi connectivity index (χ4n) is 2.90. The first-order valence-electron chi connectivity index (χ1n) is 6.74. The molecule has 1 amide bonds. The van der Waals surface area contributed by atoms with Gasteiger partial charge in [-0.15, -0.1) is 12.4 Å². The highest BCUT2D eigenvalue weighted by Crippen LogP contribution is 2.40. The minimum atomic E-state index is -0.207. The highest BCUT2D eigenvalue weighted by molar-refractivity contribution is 5.87. The van der Waals surface area contributed by atoms with E-state index >= 15 is 0 Å². The Bertz CT molecular complexity index is 487. The molecule has 1 aromatic carbocycles. The van der Waals surface area contributed by atoms with E-state index < -0.39 is 0 Å². The van der Waals surface area contributed by atoms with Crippen LogP contribution in [0, 0.1) is 5.92 Å². The molecule has 1 aromatic rings. The number of hydrogen-bond donors (Lipinski definition) is 2. The number of halogens is 1. The van der Waals surface area contributed by atoms with Crippen molar-refractivity contribution in [3.05, 3.63) is 35.4 Å².